The molecule has 31 heavy (non-hydrogen) atoms. The molecule has 0 radical (unpaired) electrons. The topological polar surface area (TPSA) is 70.1 Å². The van der Waals surface area contributed by atoms with Gasteiger partial charge in [-0.3, -0.25) is 4.90 Å². The largest absolute Gasteiger partial charge is 0.351 e. The minimum absolute atomic E-state index is 0.507. The summed E-state index contributed by atoms with van der Waals surface area (Å²) in [5.74, 6) is 2.01. The third-order valence-corrected chi connectivity index (χ3v) is 5.55. The quantitative estimate of drug-likeness (QED) is 0.509. The number of piperazine rings is 1. The molecule has 0 amide bonds. The number of anilines is 3. The maximum atomic E-state index is 6.14. The molecule has 0 saturated carbocycles. The zero-order chi connectivity index (χ0) is 21.0. The summed E-state index contributed by atoms with van der Waals surface area (Å²) in [5.41, 5.74) is 2.94. The Morgan fingerprint density at radius 3 is 2.32 bits per heavy atom. The van der Waals surface area contributed by atoms with Crippen LogP contribution >= 0.6 is 11.6 Å². The summed E-state index contributed by atoms with van der Waals surface area (Å²) in [5, 5.41) is 4.03. The molecule has 4 aromatic rings. The van der Waals surface area contributed by atoms with Gasteiger partial charge in [0, 0.05) is 50.1 Å². The van der Waals surface area contributed by atoms with Crippen LogP contribution < -0.4 is 10.2 Å². The number of hydrogen-bond acceptors (Lipinski definition) is 7. The second-order valence-electron chi connectivity index (χ2n) is 7.48. The predicted molar refractivity (Wildman–Crippen MR) is 124 cm³/mol. The van der Waals surface area contributed by atoms with Gasteiger partial charge in [-0.2, -0.15) is 0 Å². The average Bonchev–Trinajstić information content (AvgIpc) is 2.80. The van der Waals surface area contributed by atoms with Gasteiger partial charge in [0.25, 0.3) is 0 Å². The van der Waals surface area contributed by atoms with E-state index in [2.05, 4.69) is 31.2 Å². The SMILES string of the molecule is Clc1cccc(CN2CCN(c3nc4ccccc4nc3Nc3ncccn3)CC2)c1. The molecule has 0 bridgehead atoms. The molecule has 1 N–H and O–H groups in total. The van der Waals surface area contributed by atoms with E-state index in [1.165, 1.54) is 5.56 Å². The van der Waals surface area contributed by atoms with Crippen molar-refractivity contribution in [1.29, 1.82) is 0 Å². The second-order valence-corrected chi connectivity index (χ2v) is 7.91. The van der Waals surface area contributed by atoms with Crippen LogP contribution in [0.15, 0.2) is 67.0 Å². The van der Waals surface area contributed by atoms with Gasteiger partial charge in [0.2, 0.25) is 5.95 Å². The van der Waals surface area contributed by atoms with Crippen LogP contribution in [0.2, 0.25) is 5.02 Å². The first-order valence-electron chi connectivity index (χ1n) is 10.3. The molecule has 8 heteroatoms. The van der Waals surface area contributed by atoms with Gasteiger partial charge in [-0.25, -0.2) is 19.9 Å². The van der Waals surface area contributed by atoms with E-state index in [-0.39, 0.29) is 0 Å². The summed E-state index contributed by atoms with van der Waals surface area (Å²) in [6, 6.07) is 17.8. The molecule has 0 spiro atoms. The first-order chi connectivity index (χ1) is 15.2. The average molecular weight is 432 g/mol. The Morgan fingerprint density at radius 1 is 0.839 bits per heavy atom. The van der Waals surface area contributed by atoms with Crippen LogP contribution in [0.5, 0.6) is 0 Å². The number of aromatic nitrogens is 4. The highest BCUT2D eigenvalue weighted by Crippen LogP contribution is 2.28. The van der Waals surface area contributed by atoms with Crippen molar-refractivity contribution in [3.8, 4) is 0 Å². The maximum absolute atomic E-state index is 6.14. The number of nitrogens with zero attached hydrogens (tertiary/aromatic N) is 6. The van der Waals surface area contributed by atoms with Crippen LogP contribution in [0.25, 0.3) is 11.0 Å². The van der Waals surface area contributed by atoms with Gasteiger partial charge in [0.05, 0.1) is 11.0 Å². The number of para-hydroxylation sites is 2. The van der Waals surface area contributed by atoms with E-state index < -0.39 is 0 Å². The summed E-state index contributed by atoms with van der Waals surface area (Å²) in [6.07, 6.45) is 3.41. The minimum Gasteiger partial charge on any atom is -0.351 e. The lowest BCUT2D eigenvalue weighted by Crippen LogP contribution is -2.46. The lowest BCUT2D eigenvalue weighted by Gasteiger charge is -2.36. The van der Waals surface area contributed by atoms with Crippen molar-refractivity contribution in [2.24, 2.45) is 0 Å². The van der Waals surface area contributed by atoms with Crippen LogP contribution in [-0.4, -0.2) is 51.0 Å². The summed E-state index contributed by atoms with van der Waals surface area (Å²) in [7, 11) is 0. The Balaban J connectivity index is 1.37. The van der Waals surface area contributed by atoms with Crippen molar-refractivity contribution in [3.63, 3.8) is 0 Å². The Hall–Kier alpha value is -3.29. The van der Waals surface area contributed by atoms with Gasteiger partial charge >= 0.3 is 0 Å². The highest BCUT2D eigenvalue weighted by molar-refractivity contribution is 6.30. The van der Waals surface area contributed by atoms with Crippen LogP contribution in [0.1, 0.15) is 5.56 Å². The molecule has 156 valence electrons. The van der Waals surface area contributed by atoms with Crippen molar-refractivity contribution in [2.75, 3.05) is 36.4 Å². The molecule has 5 rings (SSSR count). The zero-order valence-electron chi connectivity index (χ0n) is 16.9. The Bertz CT molecular complexity index is 1180. The number of benzene rings is 2. The standard InChI is InChI=1S/C23H22ClN7/c24-18-6-3-5-17(15-18)16-30-11-13-31(14-12-30)22-21(29-23-25-9-4-10-26-23)27-19-7-1-2-8-20(19)28-22/h1-10,15H,11-14,16H2,(H,25,26,27,29). The van der Waals surface area contributed by atoms with E-state index in [1.54, 1.807) is 18.5 Å². The zero-order valence-corrected chi connectivity index (χ0v) is 17.7. The molecule has 7 nitrogen and oxygen atoms in total. The normalized spacial score (nSPS) is 14.7. The highest BCUT2D eigenvalue weighted by Gasteiger charge is 2.22. The van der Waals surface area contributed by atoms with Crippen molar-refractivity contribution < 1.29 is 0 Å². The molecule has 1 aliphatic rings. The third kappa shape index (κ3) is 4.57. The van der Waals surface area contributed by atoms with Gasteiger partial charge in [-0.15, -0.1) is 0 Å². The molecule has 2 aromatic heterocycles. The third-order valence-electron chi connectivity index (χ3n) is 5.32. The van der Waals surface area contributed by atoms with Gasteiger partial charge in [0.15, 0.2) is 11.6 Å². The van der Waals surface area contributed by atoms with E-state index >= 15 is 0 Å². The lowest BCUT2D eigenvalue weighted by atomic mass is 10.2. The van der Waals surface area contributed by atoms with Crippen molar-refractivity contribution in [1.82, 2.24) is 24.8 Å². The number of nitrogens with one attached hydrogen (secondary N) is 1. The minimum atomic E-state index is 0.507. The van der Waals surface area contributed by atoms with Gasteiger partial charge in [-0.05, 0) is 35.9 Å². The summed E-state index contributed by atoms with van der Waals surface area (Å²) >= 11 is 6.14. The van der Waals surface area contributed by atoms with Crippen LogP contribution in [0.3, 0.4) is 0 Å². The Kier molecular flexibility index (Phi) is 5.60. The first kappa shape index (κ1) is 19.7. The lowest BCUT2D eigenvalue weighted by molar-refractivity contribution is 0.249. The molecule has 0 unspecified atom stereocenters. The van der Waals surface area contributed by atoms with E-state index in [0.29, 0.717) is 11.8 Å². The van der Waals surface area contributed by atoms with Gasteiger partial charge in [-0.1, -0.05) is 35.9 Å². The van der Waals surface area contributed by atoms with Crippen LogP contribution in [0.4, 0.5) is 17.6 Å². The smallest absolute Gasteiger partial charge is 0.228 e. The van der Waals surface area contributed by atoms with E-state index in [0.717, 1.165) is 54.6 Å². The molecule has 3 heterocycles. The molecule has 2 aromatic carbocycles. The van der Waals surface area contributed by atoms with Gasteiger partial charge in [0.1, 0.15) is 0 Å². The molecule has 0 atom stereocenters. The fraction of sp³-hybridized carbons (Fsp3) is 0.217. The van der Waals surface area contributed by atoms with Crippen molar-refractivity contribution in [2.45, 2.75) is 6.54 Å². The van der Waals surface area contributed by atoms with Crippen LogP contribution in [0, 0.1) is 0 Å². The Morgan fingerprint density at radius 2 is 1.58 bits per heavy atom. The fourth-order valence-corrected chi connectivity index (χ4v) is 3.99. The number of hydrogen-bond donors (Lipinski definition) is 1. The first-order valence-corrected chi connectivity index (χ1v) is 10.6. The van der Waals surface area contributed by atoms with Crippen molar-refractivity contribution in [3.05, 3.63) is 77.6 Å². The summed E-state index contributed by atoms with van der Waals surface area (Å²) < 4.78 is 0. The van der Waals surface area contributed by atoms with E-state index in [4.69, 9.17) is 21.6 Å². The van der Waals surface area contributed by atoms with Crippen molar-refractivity contribution >= 4 is 40.2 Å². The predicted octanol–water partition coefficient (Wildman–Crippen LogP) is 4.14. The monoisotopic (exact) mass is 431 g/mol. The molecular formula is C23H22ClN7. The number of halogens is 1. The summed E-state index contributed by atoms with van der Waals surface area (Å²) in [6.45, 7) is 4.47. The molecule has 1 aliphatic heterocycles. The molecular weight excluding hydrogens is 410 g/mol. The maximum Gasteiger partial charge on any atom is 0.228 e. The fourth-order valence-electron chi connectivity index (χ4n) is 3.78. The second kappa shape index (κ2) is 8.83. The van der Waals surface area contributed by atoms with Gasteiger partial charge < -0.3 is 10.2 Å². The summed E-state index contributed by atoms with van der Waals surface area (Å²) in [4.78, 5) is 23.0. The van der Waals surface area contributed by atoms with E-state index in [9.17, 15) is 0 Å². The number of rotatable bonds is 5. The Labute approximate surface area is 185 Å². The molecule has 0 aliphatic carbocycles. The van der Waals surface area contributed by atoms with E-state index in [1.807, 2.05) is 42.5 Å². The number of fused-ring (bicyclic) bond motifs is 1. The molecule has 1 saturated heterocycles. The van der Waals surface area contributed by atoms with Crippen LogP contribution in [-0.2, 0) is 6.54 Å². The molecule has 1 fully saturated rings. The highest BCUT2D eigenvalue weighted by atomic mass is 35.5.